The van der Waals surface area contributed by atoms with Crippen LogP contribution in [-0.2, 0) is 4.79 Å². The van der Waals surface area contributed by atoms with E-state index in [2.05, 4.69) is 15.5 Å². The molecule has 1 heterocycles. The fourth-order valence-corrected chi connectivity index (χ4v) is 2.39. The Hall–Kier alpha value is -1.46. The highest BCUT2D eigenvalue weighted by atomic mass is 16.4. The van der Waals surface area contributed by atoms with Gasteiger partial charge >= 0.3 is 5.97 Å². The van der Waals surface area contributed by atoms with Crippen LogP contribution in [0.1, 0.15) is 63.2 Å². The molecule has 17 heavy (non-hydrogen) atoms. The third kappa shape index (κ3) is 2.62. The van der Waals surface area contributed by atoms with Gasteiger partial charge in [-0.1, -0.05) is 25.7 Å². The summed E-state index contributed by atoms with van der Waals surface area (Å²) in [6.07, 6.45) is 7.00. The van der Waals surface area contributed by atoms with Crippen LogP contribution in [0.25, 0.3) is 0 Å². The number of hydrogen-bond donors (Lipinski definition) is 1. The minimum absolute atomic E-state index is 0.314. The molecule has 1 atom stereocenters. The minimum atomic E-state index is -0.896. The number of aliphatic carboxylic acids is 1. The lowest BCUT2D eigenvalue weighted by Crippen LogP contribution is -2.21. The second-order valence-electron chi connectivity index (χ2n) is 4.68. The summed E-state index contributed by atoms with van der Waals surface area (Å²) in [5, 5.41) is 20.5. The molecule has 1 aliphatic rings. The van der Waals surface area contributed by atoms with Crippen molar-refractivity contribution in [1.29, 1.82) is 0 Å². The zero-order valence-corrected chi connectivity index (χ0v) is 10.0. The summed E-state index contributed by atoms with van der Waals surface area (Å²) in [6.45, 7) is 1.61. The molecule has 1 unspecified atom stereocenters. The summed E-state index contributed by atoms with van der Waals surface area (Å²) < 4.78 is 1.46. The normalized spacial score (nSPS) is 19.8. The van der Waals surface area contributed by atoms with Crippen molar-refractivity contribution in [3.63, 3.8) is 0 Å². The first-order chi connectivity index (χ1) is 8.20. The summed E-state index contributed by atoms with van der Waals surface area (Å²) in [6, 6.07) is -0.691. The van der Waals surface area contributed by atoms with E-state index in [1.807, 2.05) is 0 Å². The highest BCUT2D eigenvalue weighted by molar-refractivity contribution is 5.71. The second kappa shape index (κ2) is 5.25. The smallest absolute Gasteiger partial charge is 0.328 e. The first kappa shape index (κ1) is 12.0. The Morgan fingerprint density at radius 3 is 2.59 bits per heavy atom. The number of rotatable bonds is 3. The maximum atomic E-state index is 11.0. The molecule has 0 aliphatic heterocycles. The standard InChI is InChI=1S/C11H18N4O2/c1-8(11(16)17)15-10(12-13-14-15)9-6-4-2-3-5-7-9/h8-9H,2-7H2,1H3,(H,16,17). The average Bonchev–Trinajstić information content (AvgIpc) is 2.63. The molecule has 1 aromatic rings. The van der Waals surface area contributed by atoms with Crippen molar-refractivity contribution in [2.45, 2.75) is 57.4 Å². The Morgan fingerprint density at radius 2 is 2.00 bits per heavy atom. The molecular weight excluding hydrogens is 220 g/mol. The molecule has 0 bridgehead atoms. The second-order valence-corrected chi connectivity index (χ2v) is 4.68. The van der Waals surface area contributed by atoms with Crippen molar-refractivity contribution in [1.82, 2.24) is 20.2 Å². The fraction of sp³-hybridized carbons (Fsp3) is 0.818. The van der Waals surface area contributed by atoms with Gasteiger partial charge in [0.15, 0.2) is 5.82 Å². The van der Waals surface area contributed by atoms with E-state index >= 15 is 0 Å². The molecule has 1 aromatic heterocycles. The van der Waals surface area contributed by atoms with Crippen LogP contribution in [0.3, 0.4) is 0 Å². The van der Waals surface area contributed by atoms with Gasteiger partial charge in [-0.05, 0) is 30.2 Å². The number of hydrogen-bond acceptors (Lipinski definition) is 4. The Kier molecular flexibility index (Phi) is 3.71. The van der Waals surface area contributed by atoms with Gasteiger partial charge in [0, 0.05) is 5.92 Å². The first-order valence-corrected chi connectivity index (χ1v) is 6.20. The fourth-order valence-electron chi connectivity index (χ4n) is 2.39. The molecule has 0 spiro atoms. The van der Waals surface area contributed by atoms with Crippen molar-refractivity contribution in [2.24, 2.45) is 0 Å². The van der Waals surface area contributed by atoms with Gasteiger partial charge in [0.2, 0.25) is 0 Å². The van der Waals surface area contributed by atoms with Gasteiger partial charge in [-0.25, -0.2) is 9.48 Å². The number of carboxylic acids is 1. The van der Waals surface area contributed by atoms with Gasteiger partial charge in [-0.2, -0.15) is 0 Å². The van der Waals surface area contributed by atoms with Crippen molar-refractivity contribution in [3.8, 4) is 0 Å². The lowest BCUT2D eigenvalue weighted by molar-refractivity contribution is -0.140. The van der Waals surface area contributed by atoms with Gasteiger partial charge in [-0.3, -0.25) is 0 Å². The van der Waals surface area contributed by atoms with Crippen LogP contribution in [0.5, 0.6) is 0 Å². The predicted molar refractivity (Wildman–Crippen MR) is 60.6 cm³/mol. The molecule has 0 saturated heterocycles. The molecule has 6 nitrogen and oxygen atoms in total. The largest absolute Gasteiger partial charge is 0.480 e. The zero-order valence-electron chi connectivity index (χ0n) is 10.0. The Bertz CT molecular complexity index is 383. The van der Waals surface area contributed by atoms with E-state index in [1.54, 1.807) is 6.92 Å². The quantitative estimate of drug-likeness (QED) is 0.811. The summed E-state index contributed by atoms with van der Waals surface area (Å²) in [5.41, 5.74) is 0. The SMILES string of the molecule is CC(C(=O)O)n1nnnc1C1CCCCCC1. The number of nitrogens with zero attached hydrogens (tertiary/aromatic N) is 4. The minimum Gasteiger partial charge on any atom is -0.480 e. The summed E-state index contributed by atoms with van der Waals surface area (Å²) in [5.74, 6) is 0.156. The molecule has 0 amide bonds. The molecule has 0 radical (unpaired) electrons. The molecule has 1 aliphatic carbocycles. The molecule has 1 saturated carbocycles. The van der Waals surface area contributed by atoms with E-state index in [1.165, 1.54) is 30.4 Å². The number of carboxylic acid groups (broad SMARTS) is 1. The molecule has 0 aromatic carbocycles. The third-order valence-corrected chi connectivity index (χ3v) is 3.46. The summed E-state index contributed by atoms with van der Waals surface area (Å²) in [7, 11) is 0. The van der Waals surface area contributed by atoms with Gasteiger partial charge in [0.25, 0.3) is 0 Å². The van der Waals surface area contributed by atoms with Crippen LogP contribution >= 0.6 is 0 Å². The zero-order chi connectivity index (χ0) is 12.3. The van der Waals surface area contributed by atoms with Crippen molar-refractivity contribution >= 4 is 5.97 Å². The van der Waals surface area contributed by atoms with Crippen LogP contribution < -0.4 is 0 Å². The van der Waals surface area contributed by atoms with E-state index in [4.69, 9.17) is 5.11 Å². The highest BCUT2D eigenvalue weighted by Gasteiger charge is 2.25. The van der Waals surface area contributed by atoms with Crippen LogP contribution in [0.15, 0.2) is 0 Å². The maximum Gasteiger partial charge on any atom is 0.328 e. The van der Waals surface area contributed by atoms with E-state index in [0.717, 1.165) is 18.7 Å². The topological polar surface area (TPSA) is 80.9 Å². The monoisotopic (exact) mass is 238 g/mol. The molecule has 1 fully saturated rings. The molecule has 6 heteroatoms. The van der Waals surface area contributed by atoms with Crippen molar-refractivity contribution in [2.75, 3.05) is 0 Å². The van der Waals surface area contributed by atoms with E-state index in [9.17, 15) is 4.79 Å². The lowest BCUT2D eigenvalue weighted by Gasteiger charge is -2.15. The third-order valence-electron chi connectivity index (χ3n) is 3.46. The Balaban J connectivity index is 2.19. The van der Waals surface area contributed by atoms with E-state index in [-0.39, 0.29) is 0 Å². The van der Waals surface area contributed by atoms with Crippen LogP contribution in [0.2, 0.25) is 0 Å². The Labute approximate surface area is 100 Å². The van der Waals surface area contributed by atoms with Crippen molar-refractivity contribution in [3.05, 3.63) is 5.82 Å². The Morgan fingerprint density at radius 1 is 1.35 bits per heavy atom. The molecule has 1 N–H and O–H groups in total. The van der Waals surface area contributed by atoms with Gasteiger partial charge in [-0.15, -0.1) is 5.10 Å². The molecule has 2 rings (SSSR count). The van der Waals surface area contributed by atoms with Crippen LogP contribution in [-0.4, -0.2) is 31.3 Å². The average molecular weight is 238 g/mol. The summed E-state index contributed by atoms with van der Waals surface area (Å²) in [4.78, 5) is 11.0. The van der Waals surface area contributed by atoms with E-state index in [0.29, 0.717) is 5.92 Å². The maximum absolute atomic E-state index is 11.0. The van der Waals surface area contributed by atoms with Gasteiger partial charge in [0.05, 0.1) is 0 Å². The van der Waals surface area contributed by atoms with Gasteiger partial charge < -0.3 is 5.11 Å². The number of carbonyl (C=O) groups is 1. The van der Waals surface area contributed by atoms with Crippen LogP contribution in [0.4, 0.5) is 0 Å². The molecular formula is C11H18N4O2. The summed E-state index contributed by atoms with van der Waals surface area (Å²) >= 11 is 0. The number of tetrazole rings is 1. The van der Waals surface area contributed by atoms with E-state index < -0.39 is 12.0 Å². The first-order valence-electron chi connectivity index (χ1n) is 6.20. The lowest BCUT2D eigenvalue weighted by atomic mass is 9.99. The van der Waals surface area contributed by atoms with Gasteiger partial charge in [0.1, 0.15) is 6.04 Å². The predicted octanol–water partition coefficient (Wildman–Crippen LogP) is 1.76. The number of aromatic nitrogens is 4. The molecule has 94 valence electrons. The van der Waals surface area contributed by atoms with Crippen molar-refractivity contribution < 1.29 is 9.90 Å². The highest BCUT2D eigenvalue weighted by Crippen LogP contribution is 2.30. The van der Waals surface area contributed by atoms with Crippen LogP contribution in [0, 0.1) is 0 Å².